The van der Waals surface area contributed by atoms with E-state index in [1.54, 1.807) is 12.5 Å². The number of imidazole rings is 1. The number of fused-ring (bicyclic) bond motifs is 1. The largest absolute Gasteiger partial charge is 0.322 e. The zero-order valence-corrected chi connectivity index (χ0v) is 20.2. The molecule has 6 rings (SSSR count). The Hall–Kier alpha value is -3.52. The van der Waals surface area contributed by atoms with Gasteiger partial charge in [0.1, 0.15) is 17.8 Å². The van der Waals surface area contributed by atoms with Gasteiger partial charge in [0.25, 0.3) is 5.91 Å². The Morgan fingerprint density at radius 1 is 1.23 bits per heavy atom. The van der Waals surface area contributed by atoms with Crippen LogP contribution in [0.15, 0.2) is 55.2 Å². The van der Waals surface area contributed by atoms with E-state index in [1.807, 2.05) is 40.4 Å². The molecule has 1 aromatic carbocycles. The second kappa shape index (κ2) is 8.61. The lowest BCUT2D eigenvalue weighted by Crippen LogP contribution is -2.43. The summed E-state index contributed by atoms with van der Waals surface area (Å²) in [5.41, 5.74) is 4.15. The molecule has 0 bridgehead atoms. The van der Waals surface area contributed by atoms with Crippen LogP contribution < -0.4 is 10.6 Å². The number of anilines is 1. The molecule has 2 N–H and O–H groups in total. The number of nitrogens with zero attached hydrogens (tertiary/aromatic N) is 5. The Labute approximate surface area is 204 Å². The molecule has 1 saturated carbocycles. The molecule has 8 nitrogen and oxygen atoms in total. The van der Waals surface area contributed by atoms with Crippen LogP contribution in [0.4, 0.5) is 5.69 Å². The molecule has 8 heteroatoms. The smallest absolute Gasteiger partial charge is 0.259 e. The quantitative estimate of drug-likeness (QED) is 0.456. The molecular formula is C27H31N7O. The lowest BCUT2D eigenvalue weighted by molar-refractivity contribution is 0.102. The fraction of sp³-hybridized carbons (Fsp3) is 0.407. The molecule has 0 spiro atoms. The third kappa shape index (κ3) is 3.82. The number of nitrogens with one attached hydrogen (secondary N) is 2. The molecule has 4 heterocycles. The van der Waals surface area contributed by atoms with E-state index in [4.69, 9.17) is 0 Å². The van der Waals surface area contributed by atoms with E-state index >= 15 is 0 Å². The summed E-state index contributed by atoms with van der Waals surface area (Å²) in [7, 11) is 2.00. The SMILES string of the molecule is CC1CC(c2cccc(NC(=O)c3cc(C4CCCCN4)cn4ccnc34)c2)(c2nncn2C)C1. The maximum atomic E-state index is 13.5. The van der Waals surface area contributed by atoms with E-state index < -0.39 is 0 Å². The first-order chi connectivity index (χ1) is 17.0. The molecular weight excluding hydrogens is 438 g/mol. The molecule has 180 valence electrons. The van der Waals surface area contributed by atoms with Gasteiger partial charge >= 0.3 is 0 Å². The minimum absolute atomic E-state index is 0.148. The molecule has 1 saturated heterocycles. The molecule has 2 aliphatic rings. The predicted octanol–water partition coefficient (Wildman–Crippen LogP) is 4.25. The van der Waals surface area contributed by atoms with Crippen molar-refractivity contribution in [3.8, 4) is 0 Å². The highest BCUT2D eigenvalue weighted by Gasteiger charge is 2.48. The van der Waals surface area contributed by atoms with Gasteiger partial charge in [0.2, 0.25) is 0 Å². The van der Waals surface area contributed by atoms with Crippen LogP contribution in [0.25, 0.3) is 5.65 Å². The number of aryl methyl sites for hydroxylation is 1. The summed E-state index contributed by atoms with van der Waals surface area (Å²) in [6.07, 6.45) is 13.0. The van der Waals surface area contributed by atoms with Crippen molar-refractivity contribution in [2.45, 2.75) is 50.5 Å². The molecule has 4 aromatic rings. The molecule has 1 unspecified atom stereocenters. The number of piperidine rings is 1. The fourth-order valence-electron chi connectivity index (χ4n) is 6.04. The summed E-state index contributed by atoms with van der Waals surface area (Å²) >= 11 is 0. The summed E-state index contributed by atoms with van der Waals surface area (Å²) < 4.78 is 3.97. The van der Waals surface area contributed by atoms with E-state index in [-0.39, 0.29) is 17.4 Å². The number of hydrogen-bond donors (Lipinski definition) is 2. The van der Waals surface area contributed by atoms with Crippen molar-refractivity contribution in [3.05, 3.63) is 77.8 Å². The Morgan fingerprint density at radius 2 is 2.11 bits per heavy atom. The lowest BCUT2D eigenvalue weighted by atomic mass is 9.58. The number of amides is 1. The Kier molecular flexibility index (Phi) is 5.40. The van der Waals surface area contributed by atoms with Crippen molar-refractivity contribution in [2.24, 2.45) is 13.0 Å². The van der Waals surface area contributed by atoms with Gasteiger partial charge in [-0.1, -0.05) is 25.5 Å². The van der Waals surface area contributed by atoms with Gasteiger partial charge in [0.05, 0.1) is 11.0 Å². The highest BCUT2D eigenvalue weighted by molar-refractivity contribution is 6.08. The second-order valence-corrected chi connectivity index (χ2v) is 10.2. The van der Waals surface area contributed by atoms with Gasteiger partial charge in [0, 0.05) is 37.4 Å². The number of benzene rings is 1. The van der Waals surface area contributed by atoms with Gasteiger partial charge in [-0.3, -0.25) is 4.79 Å². The van der Waals surface area contributed by atoms with Gasteiger partial charge in [-0.25, -0.2) is 4.98 Å². The molecule has 1 atom stereocenters. The van der Waals surface area contributed by atoms with Gasteiger partial charge in [-0.2, -0.15) is 0 Å². The summed E-state index contributed by atoms with van der Waals surface area (Å²) in [4.78, 5) is 18.0. The van der Waals surface area contributed by atoms with Crippen molar-refractivity contribution in [3.63, 3.8) is 0 Å². The van der Waals surface area contributed by atoms with Crippen LogP contribution in [-0.2, 0) is 12.5 Å². The average molecular weight is 470 g/mol. The van der Waals surface area contributed by atoms with Crippen LogP contribution in [0.3, 0.4) is 0 Å². The average Bonchev–Trinajstić information content (AvgIpc) is 3.51. The third-order valence-electron chi connectivity index (χ3n) is 7.67. The van der Waals surface area contributed by atoms with Crippen LogP contribution in [0.5, 0.6) is 0 Å². The van der Waals surface area contributed by atoms with Crippen molar-refractivity contribution in [1.29, 1.82) is 0 Å². The minimum Gasteiger partial charge on any atom is -0.322 e. The topological polar surface area (TPSA) is 89.1 Å². The molecule has 1 amide bonds. The number of carbonyl (C=O) groups is 1. The van der Waals surface area contributed by atoms with Gasteiger partial charge in [0.15, 0.2) is 0 Å². The molecule has 1 aliphatic heterocycles. The fourth-order valence-corrected chi connectivity index (χ4v) is 6.04. The predicted molar refractivity (Wildman–Crippen MR) is 134 cm³/mol. The highest BCUT2D eigenvalue weighted by atomic mass is 16.1. The van der Waals surface area contributed by atoms with Crippen LogP contribution in [0.1, 0.15) is 72.4 Å². The van der Waals surface area contributed by atoms with Crippen molar-refractivity contribution in [2.75, 3.05) is 11.9 Å². The van der Waals surface area contributed by atoms with Crippen LogP contribution in [0, 0.1) is 5.92 Å². The monoisotopic (exact) mass is 469 g/mol. The first kappa shape index (κ1) is 22.0. The van der Waals surface area contributed by atoms with Gasteiger partial charge < -0.3 is 19.6 Å². The van der Waals surface area contributed by atoms with E-state index in [1.165, 1.54) is 12.8 Å². The summed E-state index contributed by atoms with van der Waals surface area (Å²) in [6, 6.07) is 10.4. The maximum Gasteiger partial charge on any atom is 0.259 e. The number of aromatic nitrogens is 5. The Balaban J connectivity index is 1.32. The molecule has 35 heavy (non-hydrogen) atoms. The zero-order valence-electron chi connectivity index (χ0n) is 20.2. The normalized spacial score (nSPS) is 24.3. The van der Waals surface area contributed by atoms with Crippen molar-refractivity contribution < 1.29 is 4.79 Å². The molecule has 3 aromatic heterocycles. The zero-order chi connectivity index (χ0) is 24.0. The number of carbonyl (C=O) groups excluding carboxylic acids is 1. The van der Waals surface area contributed by atoms with E-state index in [9.17, 15) is 4.79 Å². The van der Waals surface area contributed by atoms with Crippen LogP contribution >= 0.6 is 0 Å². The highest BCUT2D eigenvalue weighted by Crippen LogP contribution is 2.51. The molecule has 1 aliphatic carbocycles. The van der Waals surface area contributed by atoms with E-state index in [2.05, 4.69) is 51.1 Å². The van der Waals surface area contributed by atoms with Crippen molar-refractivity contribution in [1.82, 2.24) is 29.5 Å². The standard InChI is InChI=1S/C27H31N7O/c1-18-14-27(15-18,26-32-30-17-33(26)2)20-6-5-7-21(13-20)31-25(35)22-12-19(23-8-3-4-9-28-23)16-34-11-10-29-24(22)34/h5-7,10-13,16-18,23,28H,3-4,8-9,14-15H2,1-2H3,(H,31,35). The maximum absolute atomic E-state index is 13.5. The van der Waals surface area contributed by atoms with Gasteiger partial charge in [-0.05, 0) is 67.5 Å². The molecule has 2 fully saturated rings. The first-order valence-corrected chi connectivity index (χ1v) is 12.5. The van der Waals surface area contributed by atoms with Gasteiger partial charge in [-0.15, -0.1) is 10.2 Å². The van der Waals surface area contributed by atoms with Crippen molar-refractivity contribution >= 4 is 17.2 Å². The van der Waals surface area contributed by atoms with E-state index in [0.29, 0.717) is 17.1 Å². The third-order valence-corrected chi connectivity index (χ3v) is 7.67. The molecule has 0 radical (unpaired) electrons. The lowest BCUT2D eigenvalue weighted by Gasteiger charge is -2.46. The summed E-state index contributed by atoms with van der Waals surface area (Å²) in [6.45, 7) is 3.27. The second-order valence-electron chi connectivity index (χ2n) is 10.2. The Morgan fingerprint density at radius 3 is 2.86 bits per heavy atom. The number of rotatable bonds is 5. The number of hydrogen-bond acceptors (Lipinski definition) is 5. The van der Waals surface area contributed by atoms with E-state index in [0.717, 1.165) is 48.4 Å². The first-order valence-electron chi connectivity index (χ1n) is 12.5. The van der Waals surface area contributed by atoms with Crippen LogP contribution in [0.2, 0.25) is 0 Å². The number of pyridine rings is 1. The minimum atomic E-state index is -0.172. The summed E-state index contributed by atoms with van der Waals surface area (Å²) in [5.74, 6) is 1.45. The Bertz CT molecular complexity index is 1380. The summed E-state index contributed by atoms with van der Waals surface area (Å²) in [5, 5.41) is 15.3. The van der Waals surface area contributed by atoms with Crippen LogP contribution in [-0.4, -0.2) is 36.6 Å².